The summed E-state index contributed by atoms with van der Waals surface area (Å²) < 4.78 is 25.0. The molecule has 0 aromatic heterocycles. The first-order chi connectivity index (χ1) is 7.04. The lowest BCUT2D eigenvalue weighted by Crippen LogP contribution is -2.52. The Labute approximate surface area is 99.2 Å². The van der Waals surface area contributed by atoms with Crippen LogP contribution >= 0.6 is 0 Å². The first kappa shape index (κ1) is 13.9. The lowest BCUT2D eigenvalue weighted by molar-refractivity contribution is 0.332. The number of rotatable bonds is 6. The van der Waals surface area contributed by atoms with Crippen molar-refractivity contribution < 1.29 is 8.42 Å². The largest absolute Gasteiger partial charge is 0.312 e. The van der Waals surface area contributed by atoms with E-state index in [2.05, 4.69) is 23.9 Å². The van der Waals surface area contributed by atoms with E-state index in [1.807, 2.05) is 13.8 Å². The van der Waals surface area contributed by atoms with Gasteiger partial charge in [-0.1, -0.05) is 6.92 Å². The van der Waals surface area contributed by atoms with Gasteiger partial charge in [-0.05, 0) is 39.0 Å². The van der Waals surface area contributed by atoms with Crippen LogP contribution < -0.4 is 10.0 Å². The van der Waals surface area contributed by atoms with E-state index in [0.717, 1.165) is 0 Å². The highest BCUT2D eigenvalue weighted by atomic mass is 32.2. The van der Waals surface area contributed by atoms with Gasteiger partial charge < -0.3 is 5.32 Å². The first-order valence-corrected chi connectivity index (χ1v) is 7.66. The highest BCUT2D eigenvalue weighted by Crippen LogP contribution is 2.47. The van der Waals surface area contributed by atoms with E-state index in [1.54, 1.807) is 0 Å². The second kappa shape index (κ2) is 4.27. The molecule has 96 valence electrons. The van der Waals surface area contributed by atoms with Crippen LogP contribution in [-0.2, 0) is 10.0 Å². The van der Waals surface area contributed by atoms with Crippen molar-refractivity contribution in [1.82, 2.24) is 10.0 Å². The van der Waals surface area contributed by atoms with Gasteiger partial charge in [0.1, 0.15) is 0 Å². The van der Waals surface area contributed by atoms with E-state index < -0.39 is 15.6 Å². The lowest BCUT2D eigenvalue weighted by Gasteiger charge is -2.29. The molecule has 5 heteroatoms. The van der Waals surface area contributed by atoms with Gasteiger partial charge in [-0.3, -0.25) is 0 Å². The topological polar surface area (TPSA) is 58.2 Å². The summed E-state index contributed by atoms with van der Waals surface area (Å²) in [6.07, 6.45) is 3.72. The third-order valence-corrected chi connectivity index (χ3v) is 4.32. The molecule has 1 atom stereocenters. The molecule has 0 heterocycles. The Morgan fingerprint density at radius 1 is 1.38 bits per heavy atom. The zero-order valence-electron chi connectivity index (χ0n) is 10.9. The van der Waals surface area contributed by atoms with E-state index in [9.17, 15) is 8.42 Å². The van der Waals surface area contributed by atoms with Gasteiger partial charge in [-0.15, -0.1) is 0 Å². The van der Waals surface area contributed by atoms with Crippen molar-refractivity contribution in [3.63, 3.8) is 0 Å². The van der Waals surface area contributed by atoms with Crippen LogP contribution in [0.4, 0.5) is 0 Å². The second-order valence-corrected chi connectivity index (χ2v) is 7.76. The fourth-order valence-corrected chi connectivity index (χ4v) is 2.90. The van der Waals surface area contributed by atoms with Crippen LogP contribution in [0.5, 0.6) is 0 Å². The first-order valence-electron chi connectivity index (χ1n) is 5.76. The molecular weight excluding hydrogens is 224 g/mol. The Kier molecular flexibility index (Phi) is 3.72. The summed E-state index contributed by atoms with van der Waals surface area (Å²) in [5.74, 6) is 0. The fraction of sp³-hybridized carbons (Fsp3) is 1.00. The van der Waals surface area contributed by atoms with Gasteiger partial charge >= 0.3 is 0 Å². The molecule has 1 aliphatic rings. The average Bonchev–Trinajstić information content (AvgIpc) is 2.76. The van der Waals surface area contributed by atoms with Crippen molar-refractivity contribution in [3.8, 4) is 0 Å². The number of nitrogens with one attached hydrogen (secondary N) is 2. The maximum Gasteiger partial charge on any atom is 0.209 e. The summed E-state index contributed by atoms with van der Waals surface area (Å²) in [6, 6.07) is 0.438. The molecule has 1 saturated carbocycles. The minimum absolute atomic E-state index is 0.418. The summed E-state index contributed by atoms with van der Waals surface area (Å²) in [5, 5.41) is 3.42. The lowest BCUT2D eigenvalue weighted by atomic mass is 9.99. The summed E-state index contributed by atoms with van der Waals surface area (Å²) in [7, 11) is -3.14. The minimum Gasteiger partial charge on any atom is -0.312 e. The van der Waals surface area contributed by atoms with Crippen molar-refractivity contribution in [2.45, 2.75) is 52.1 Å². The monoisotopic (exact) mass is 248 g/mol. The third kappa shape index (κ3) is 4.39. The summed E-state index contributed by atoms with van der Waals surface area (Å²) in [6.45, 7) is 8.87. The molecule has 0 radical (unpaired) electrons. The van der Waals surface area contributed by atoms with Crippen LogP contribution in [0, 0.1) is 5.41 Å². The van der Waals surface area contributed by atoms with Crippen LogP contribution in [0.3, 0.4) is 0 Å². The van der Waals surface area contributed by atoms with Gasteiger partial charge in [0.25, 0.3) is 0 Å². The van der Waals surface area contributed by atoms with E-state index >= 15 is 0 Å². The molecular formula is C11H24N2O2S. The maximum atomic E-state index is 11.2. The molecule has 0 aromatic rings. The Hall–Kier alpha value is -0.130. The van der Waals surface area contributed by atoms with E-state index in [-0.39, 0.29) is 0 Å². The average molecular weight is 248 g/mol. The molecule has 1 unspecified atom stereocenters. The minimum atomic E-state index is -3.14. The van der Waals surface area contributed by atoms with E-state index in [1.165, 1.54) is 19.1 Å². The normalized spacial score (nSPS) is 21.8. The Bertz CT molecular complexity index is 345. The molecule has 0 bridgehead atoms. The van der Waals surface area contributed by atoms with Gasteiger partial charge in [-0.25, -0.2) is 13.1 Å². The van der Waals surface area contributed by atoms with Crippen LogP contribution in [0.2, 0.25) is 0 Å². The summed E-state index contributed by atoms with van der Waals surface area (Å²) in [5.41, 5.74) is -0.0196. The molecule has 0 spiro atoms. The highest BCUT2D eigenvalue weighted by Gasteiger charge is 2.42. The standard InChI is InChI=1S/C11H24N2O2S/c1-9(11(4)6-7-11)12-8-10(2,3)13-16(5,14)15/h9,12-13H,6-8H2,1-5H3. The van der Waals surface area contributed by atoms with Gasteiger partial charge in [0.2, 0.25) is 10.0 Å². The Morgan fingerprint density at radius 2 is 1.88 bits per heavy atom. The van der Waals surface area contributed by atoms with Gasteiger partial charge in [0, 0.05) is 18.1 Å². The van der Waals surface area contributed by atoms with Gasteiger partial charge in [0.15, 0.2) is 0 Å². The number of hydrogen-bond acceptors (Lipinski definition) is 3. The number of sulfonamides is 1. The van der Waals surface area contributed by atoms with Crippen molar-refractivity contribution in [2.75, 3.05) is 12.8 Å². The van der Waals surface area contributed by atoms with Gasteiger partial charge in [-0.2, -0.15) is 0 Å². The predicted molar refractivity (Wildman–Crippen MR) is 66.9 cm³/mol. The van der Waals surface area contributed by atoms with Crippen LogP contribution in [0.1, 0.15) is 40.5 Å². The quantitative estimate of drug-likeness (QED) is 0.740. The molecule has 2 N–H and O–H groups in total. The summed E-state index contributed by atoms with van der Waals surface area (Å²) >= 11 is 0. The highest BCUT2D eigenvalue weighted by molar-refractivity contribution is 7.88. The predicted octanol–water partition coefficient (Wildman–Crippen LogP) is 1.09. The maximum absolute atomic E-state index is 11.2. The molecule has 0 aromatic carbocycles. The molecule has 1 aliphatic carbocycles. The zero-order valence-corrected chi connectivity index (χ0v) is 11.7. The smallest absolute Gasteiger partial charge is 0.209 e. The molecule has 1 fully saturated rings. The van der Waals surface area contributed by atoms with E-state index in [4.69, 9.17) is 0 Å². The molecule has 0 saturated heterocycles. The molecule has 0 amide bonds. The SMILES string of the molecule is CC(NCC(C)(C)NS(C)(=O)=O)C1(C)CC1. The van der Waals surface area contributed by atoms with E-state index in [0.29, 0.717) is 18.0 Å². The van der Waals surface area contributed by atoms with Crippen LogP contribution in [0.15, 0.2) is 0 Å². The van der Waals surface area contributed by atoms with Gasteiger partial charge in [0.05, 0.1) is 6.26 Å². The van der Waals surface area contributed by atoms with Crippen molar-refractivity contribution in [3.05, 3.63) is 0 Å². The van der Waals surface area contributed by atoms with Crippen LogP contribution in [-0.4, -0.2) is 32.8 Å². The van der Waals surface area contributed by atoms with Crippen molar-refractivity contribution >= 4 is 10.0 Å². The Morgan fingerprint density at radius 3 is 2.25 bits per heavy atom. The second-order valence-electron chi connectivity index (χ2n) is 6.01. The number of hydrogen-bond donors (Lipinski definition) is 2. The van der Waals surface area contributed by atoms with Crippen LogP contribution in [0.25, 0.3) is 0 Å². The molecule has 4 nitrogen and oxygen atoms in total. The zero-order chi connectivity index (χ0) is 12.6. The Balaban J connectivity index is 2.41. The third-order valence-electron chi connectivity index (χ3n) is 3.40. The van der Waals surface area contributed by atoms with Crippen molar-refractivity contribution in [1.29, 1.82) is 0 Å². The molecule has 16 heavy (non-hydrogen) atoms. The fourth-order valence-electron chi connectivity index (χ4n) is 1.82. The molecule has 1 rings (SSSR count). The summed E-state index contributed by atoms with van der Waals surface area (Å²) in [4.78, 5) is 0. The molecule has 0 aliphatic heterocycles. The van der Waals surface area contributed by atoms with Crippen molar-refractivity contribution in [2.24, 2.45) is 5.41 Å².